The molecule has 2 aromatic heterocycles. The monoisotopic (exact) mass is 415 g/mol. The maximum absolute atomic E-state index is 5.74. The lowest BCUT2D eigenvalue weighted by molar-refractivity contribution is 0.616. The van der Waals surface area contributed by atoms with E-state index in [2.05, 4.69) is 97.8 Å². The van der Waals surface area contributed by atoms with Crippen molar-refractivity contribution in [3.63, 3.8) is 0 Å². The molecule has 1 aliphatic carbocycles. The maximum atomic E-state index is 5.74. The average Bonchev–Trinajstić information content (AvgIpc) is 3.43. The minimum absolute atomic E-state index is 0.0420. The van der Waals surface area contributed by atoms with Gasteiger partial charge in [-0.3, -0.25) is 0 Å². The molecule has 1 aliphatic rings. The van der Waals surface area contributed by atoms with E-state index in [-0.39, 0.29) is 5.41 Å². The van der Waals surface area contributed by atoms with Crippen molar-refractivity contribution < 1.29 is 4.42 Å². The second kappa shape index (κ2) is 6.61. The standard InChI is InChI=1S/C30H25NO/c1-5-6-11-27-19(2)24-16-20-14-15-32-29(20)18-28(24)31(27)21-12-13-23-22-9-7-8-10-25(22)30(3,4)26(23)17-21/h5-18H,2H2,1,3-4H3/b6-5-,27-11+. The van der Waals surface area contributed by atoms with E-state index < -0.39 is 0 Å². The summed E-state index contributed by atoms with van der Waals surface area (Å²) in [5, 5.41) is 4.38. The Balaban J connectivity index is 1.69. The molecule has 0 aliphatic heterocycles. The summed E-state index contributed by atoms with van der Waals surface area (Å²) in [4.78, 5) is 0. The van der Waals surface area contributed by atoms with Crippen LogP contribution < -0.4 is 10.6 Å². The van der Waals surface area contributed by atoms with E-state index in [9.17, 15) is 0 Å². The van der Waals surface area contributed by atoms with Crippen LogP contribution in [-0.2, 0) is 5.41 Å². The second-order valence-electron chi connectivity index (χ2n) is 9.12. The van der Waals surface area contributed by atoms with E-state index in [4.69, 9.17) is 4.42 Å². The van der Waals surface area contributed by atoms with Crippen molar-refractivity contribution in [1.82, 2.24) is 4.57 Å². The zero-order chi connectivity index (χ0) is 22.0. The van der Waals surface area contributed by atoms with E-state index in [0.29, 0.717) is 0 Å². The first-order valence-electron chi connectivity index (χ1n) is 11.1. The molecule has 2 heteroatoms. The number of hydrogen-bond donors (Lipinski definition) is 0. The molecule has 5 aromatic rings. The Hall–Kier alpha value is -3.78. The molecule has 0 amide bonds. The number of furan rings is 1. The largest absolute Gasteiger partial charge is 0.464 e. The third-order valence-electron chi connectivity index (χ3n) is 6.96. The van der Waals surface area contributed by atoms with Crippen molar-refractivity contribution in [2.24, 2.45) is 0 Å². The van der Waals surface area contributed by atoms with E-state index in [1.54, 1.807) is 6.26 Å². The molecule has 0 saturated heterocycles. The van der Waals surface area contributed by atoms with Crippen molar-refractivity contribution in [1.29, 1.82) is 0 Å². The van der Waals surface area contributed by atoms with Gasteiger partial charge in [-0.15, -0.1) is 0 Å². The van der Waals surface area contributed by atoms with E-state index >= 15 is 0 Å². The van der Waals surface area contributed by atoms with Crippen LogP contribution in [0, 0.1) is 0 Å². The Bertz CT molecular complexity index is 1670. The van der Waals surface area contributed by atoms with Gasteiger partial charge >= 0.3 is 0 Å². The third-order valence-corrected chi connectivity index (χ3v) is 6.96. The van der Waals surface area contributed by atoms with Crippen molar-refractivity contribution in [3.8, 4) is 16.8 Å². The van der Waals surface area contributed by atoms with Gasteiger partial charge in [0.15, 0.2) is 0 Å². The summed E-state index contributed by atoms with van der Waals surface area (Å²) in [6, 6.07) is 22.0. The van der Waals surface area contributed by atoms with Crippen molar-refractivity contribution in [2.75, 3.05) is 0 Å². The van der Waals surface area contributed by atoms with E-state index in [1.165, 1.54) is 22.3 Å². The number of rotatable bonds is 2. The summed E-state index contributed by atoms with van der Waals surface area (Å²) in [6.07, 6.45) is 8.03. The van der Waals surface area contributed by atoms with Gasteiger partial charge in [-0.2, -0.15) is 0 Å². The molecule has 2 nitrogen and oxygen atoms in total. The molecule has 0 saturated carbocycles. The quantitative estimate of drug-likeness (QED) is 0.324. The summed E-state index contributed by atoms with van der Waals surface area (Å²) in [7, 11) is 0. The Morgan fingerprint density at radius 2 is 1.75 bits per heavy atom. The Labute approximate surface area is 187 Å². The number of nitrogens with zero attached hydrogens (tertiary/aromatic N) is 1. The first-order valence-corrected chi connectivity index (χ1v) is 11.1. The van der Waals surface area contributed by atoms with Gasteiger partial charge in [0.1, 0.15) is 5.58 Å². The molecule has 0 unspecified atom stereocenters. The lowest BCUT2D eigenvalue weighted by atomic mass is 9.82. The molecule has 0 spiro atoms. The summed E-state index contributed by atoms with van der Waals surface area (Å²) < 4.78 is 8.06. The smallest absolute Gasteiger partial charge is 0.135 e. The predicted octanol–water partition coefficient (Wildman–Crippen LogP) is 6.45. The van der Waals surface area contributed by atoms with Crippen molar-refractivity contribution >= 4 is 34.5 Å². The molecule has 156 valence electrons. The maximum Gasteiger partial charge on any atom is 0.135 e. The SMILES string of the molecule is C=c1/c(=C\C=C/C)n(-c2ccc3c(c2)C(C)(C)c2ccccc2-3)c2cc3occc3cc12. The fourth-order valence-corrected chi connectivity index (χ4v) is 5.30. The number of benzene rings is 3. The van der Waals surface area contributed by atoms with Gasteiger partial charge < -0.3 is 8.98 Å². The minimum atomic E-state index is -0.0420. The summed E-state index contributed by atoms with van der Waals surface area (Å²) >= 11 is 0. The van der Waals surface area contributed by atoms with Crippen molar-refractivity contribution in [2.45, 2.75) is 26.2 Å². The first kappa shape index (κ1) is 18.9. The molecule has 3 aromatic carbocycles. The van der Waals surface area contributed by atoms with Gasteiger partial charge in [0.2, 0.25) is 0 Å². The molecule has 2 heterocycles. The molecule has 0 radical (unpaired) electrons. The normalized spacial score (nSPS) is 15.2. The van der Waals surface area contributed by atoms with Gasteiger partial charge in [0, 0.05) is 33.2 Å². The number of hydrogen-bond acceptors (Lipinski definition) is 1. The van der Waals surface area contributed by atoms with Gasteiger partial charge in [-0.25, -0.2) is 0 Å². The number of aromatic nitrogens is 1. The summed E-state index contributed by atoms with van der Waals surface area (Å²) in [5.74, 6) is 0. The zero-order valence-corrected chi connectivity index (χ0v) is 18.6. The predicted molar refractivity (Wildman–Crippen MR) is 135 cm³/mol. The van der Waals surface area contributed by atoms with Crippen LogP contribution >= 0.6 is 0 Å². The summed E-state index contributed by atoms with van der Waals surface area (Å²) in [5.41, 5.74) is 8.52. The first-order chi connectivity index (χ1) is 15.5. The third kappa shape index (κ3) is 2.47. The highest BCUT2D eigenvalue weighted by atomic mass is 16.3. The zero-order valence-electron chi connectivity index (χ0n) is 18.6. The van der Waals surface area contributed by atoms with Crippen LogP contribution in [0.25, 0.3) is 51.3 Å². The van der Waals surface area contributed by atoms with E-state index in [0.717, 1.165) is 38.1 Å². The Kier molecular flexibility index (Phi) is 3.91. The number of allylic oxidation sites excluding steroid dienone is 2. The Morgan fingerprint density at radius 1 is 0.938 bits per heavy atom. The highest BCUT2D eigenvalue weighted by Crippen LogP contribution is 2.48. The highest BCUT2D eigenvalue weighted by Gasteiger charge is 2.35. The molecule has 0 fully saturated rings. The van der Waals surface area contributed by atoms with Crippen LogP contribution in [0.3, 0.4) is 0 Å². The fourth-order valence-electron chi connectivity index (χ4n) is 5.30. The van der Waals surface area contributed by atoms with Crippen LogP contribution in [-0.4, -0.2) is 4.57 Å². The molecule has 6 rings (SSSR count). The average molecular weight is 416 g/mol. The molecular weight excluding hydrogens is 390 g/mol. The van der Waals surface area contributed by atoms with Crippen LogP contribution in [0.1, 0.15) is 31.9 Å². The molecule has 0 N–H and O–H groups in total. The van der Waals surface area contributed by atoms with Gasteiger partial charge in [0.05, 0.1) is 17.1 Å². The molecule has 0 bridgehead atoms. The lowest BCUT2D eigenvalue weighted by Gasteiger charge is -2.22. The topological polar surface area (TPSA) is 18.1 Å². The van der Waals surface area contributed by atoms with Crippen LogP contribution in [0.2, 0.25) is 0 Å². The van der Waals surface area contributed by atoms with Crippen molar-refractivity contribution in [3.05, 3.63) is 101 Å². The molecular formula is C30H25NO. The number of fused-ring (bicyclic) bond motifs is 5. The van der Waals surface area contributed by atoms with E-state index in [1.807, 2.05) is 13.0 Å². The fraction of sp³-hybridized carbons (Fsp3) is 0.133. The van der Waals surface area contributed by atoms with Gasteiger partial charge in [0.25, 0.3) is 0 Å². The van der Waals surface area contributed by atoms with Gasteiger partial charge in [-0.05, 0) is 59.5 Å². The minimum Gasteiger partial charge on any atom is -0.464 e. The highest BCUT2D eigenvalue weighted by molar-refractivity contribution is 5.96. The van der Waals surface area contributed by atoms with Crippen LogP contribution in [0.5, 0.6) is 0 Å². The molecule has 0 atom stereocenters. The van der Waals surface area contributed by atoms with Crippen LogP contribution in [0.4, 0.5) is 0 Å². The van der Waals surface area contributed by atoms with Crippen LogP contribution in [0.15, 0.2) is 83.5 Å². The molecule has 32 heavy (non-hydrogen) atoms. The Morgan fingerprint density at radius 3 is 2.59 bits per heavy atom. The summed E-state index contributed by atoms with van der Waals surface area (Å²) in [6.45, 7) is 11.1. The lowest BCUT2D eigenvalue weighted by Crippen LogP contribution is -2.27. The second-order valence-corrected chi connectivity index (χ2v) is 9.12. The van der Waals surface area contributed by atoms with Gasteiger partial charge in [-0.1, -0.05) is 62.9 Å².